The summed E-state index contributed by atoms with van der Waals surface area (Å²) in [5.41, 5.74) is 3.18. The number of nitrogens with one attached hydrogen (secondary N) is 1. The van der Waals surface area contributed by atoms with Gasteiger partial charge in [-0.3, -0.25) is 18.7 Å². The third-order valence-electron chi connectivity index (χ3n) is 5.59. The van der Waals surface area contributed by atoms with E-state index in [9.17, 15) is 18.6 Å². The van der Waals surface area contributed by atoms with E-state index in [1.54, 1.807) is 23.3 Å². The predicted molar refractivity (Wildman–Crippen MR) is 127 cm³/mol. The minimum Gasteiger partial charge on any atom is -0.452 e. The van der Waals surface area contributed by atoms with E-state index >= 15 is 0 Å². The molecule has 9 heteroatoms. The Morgan fingerprint density at radius 3 is 2.15 bits per heavy atom. The van der Waals surface area contributed by atoms with Crippen molar-refractivity contribution in [2.45, 2.75) is 18.7 Å². The van der Waals surface area contributed by atoms with Crippen LogP contribution in [0.25, 0.3) is 0 Å². The number of esters is 1. The SMILES string of the molecule is Cc1cccc(C)c1NC(=O)CN1CCN(C(=O)COC(=O)c2ccc(S(C)=O)cc2)CC1. The van der Waals surface area contributed by atoms with Gasteiger partial charge in [0, 0.05) is 53.8 Å². The molecule has 1 aliphatic heterocycles. The fourth-order valence-corrected chi connectivity index (χ4v) is 4.15. The van der Waals surface area contributed by atoms with Crippen LogP contribution in [0.4, 0.5) is 5.69 Å². The Morgan fingerprint density at radius 2 is 1.58 bits per heavy atom. The van der Waals surface area contributed by atoms with Crippen molar-refractivity contribution in [3.05, 3.63) is 59.2 Å². The van der Waals surface area contributed by atoms with E-state index in [0.29, 0.717) is 36.6 Å². The van der Waals surface area contributed by atoms with Gasteiger partial charge in [-0.05, 0) is 49.2 Å². The molecule has 2 aromatic carbocycles. The summed E-state index contributed by atoms with van der Waals surface area (Å²) >= 11 is 0. The highest BCUT2D eigenvalue weighted by Crippen LogP contribution is 2.19. The van der Waals surface area contributed by atoms with Crippen LogP contribution in [0.3, 0.4) is 0 Å². The summed E-state index contributed by atoms with van der Waals surface area (Å²) in [7, 11) is -1.13. The average Bonchev–Trinajstić information content (AvgIpc) is 2.80. The molecule has 1 N–H and O–H groups in total. The van der Waals surface area contributed by atoms with E-state index in [2.05, 4.69) is 5.32 Å². The number of ether oxygens (including phenoxy) is 1. The minimum absolute atomic E-state index is 0.0842. The van der Waals surface area contributed by atoms with E-state index in [1.807, 2.05) is 36.9 Å². The van der Waals surface area contributed by atoms with Crippen LogP contribution in [0.5, 0.6) is 0 Å². The second-order valence-electron chi connectivity index (χ2n) is 8.03. The quantitative estimate of drug-likeness (QED) is 0.621. The number of hydrogen-bond donors (Lipinski definition) is 1. The molecule has 8 nitrogen and oxygen atoms in total. The lowest BCUT2D eigenvalue weighted by molar-refractivity contribution is -0.136. The molecule has 3 rings (SSSR count). The van der Waals surface area contributed by atoms with Crippen molar-refractivity contribution in [1.82, 2.24) is 9.80 Å². The minimum atomic E-state index is -1.13. The Balaban J connectivity index is 1.41. The van der Waals surface area contributed by atoms with Gasteiger partial charge in [-0.2, -0.15) is 0 Å². The molecule has 0 aromatic heterocycles. The molecule has 2 amide bonds. The molecular formula is C24H29N3O5S. The molecule has 1 atom stereocenters. The first-order valence-electron chi connectivity index (χ1n) is 10.7. The van der Waals surface area contributed by atoms with E-state index in [-0.39, 0.29) is 25.0 Å². The Bertz CT molecular complexity index is 1030. The third kappa shape index (κ3) is 6.72. The number of hydrogen-bond acceptors (Lipinski definition) is 6. The molecule has 1 saturated heterocycles. The fraction of sp³-hybridized carbons (Fsp3) is 0.375. The van der Waals surface area contributed by atoms with Crippen LogP contribution < -0.4 is 5.32 Å². The molecule has 0 saturated carbocycles. The normalized spacial score (nSPS) is 15.1. The van der Waals surface area contributed by atoms with Gasteiger partial charge in [-0.1, -0.05) is 18.2 Å². The van der Waals surface area contributed by atoms with Gasteiger partial charge < -0.3 is 15.0 Å². The highest BCUT2D eigenvalue weighted by molar-refractivity contribution is 7.84. The molecule has 0 bridgehead atoms. The number of carbonyl (C=O) groups is 3. The lowest BCUT2D eigenvalue weighted by Gasteiger charge is -2.34. The van der Waals surface area contributed by atoms with Crippen molar-refractivity contribution < 1.29 is 23.3 Å². The topological polar surface area (TPSA) is 96.0 Å². The van der Waals surface area contributed by atoms with Crippen LogP contribution in [0.15, 0.2) is 47.4 Å². The van der Waals surface area contributed by atoms with Gasteiger partial charge in [0.05, 0.1) is 12.1 Å². The summed E-state index contributed by atoms with van der Waals surface area (Å²) in [6.45, 7) is 5.89. The molecule has 1 aliphatic rings. The van der Waals surface area contributed by atoms with Crippen molar-refractivity contribution >= 4 is 34.3 Å². The summed E-state index contributed by atoms with van der Waals surface area (Å²) in [6.07, 6.45) is 1.56. The summed E-state index contributed by atoms with van der Waals surface area (Å²) in [5, 5.41) is 2.98. The third-order valence-corrected chi connectivity index (χ3v) is 6.52. The Kier molecular flexibility index (Phi) is 8.35. The van der Waals surface area contributed by atoms with Crippen molar-refractivity contribution in [3.8, 4) is 0 Å². The van der Waals surface area contributed by atoms with Gasteiger partial charge in [-0.15, -0.1) is 0 Å². The molecule has 0 spiro atoms. The highest BCUT2D eigenvalue weighted by atomic mass is 32.2. The molecular weight excluding hydrogens is 442 g/mol. The second kappa shape index (κ2) is 11.2. The summed E-state index contributed by atoms with van der Waals surface area (Å²) < 4.78 is 16.6. The molecule has 1 heterocycles. The first-order valence-corrected chi connectivity index (χ1v) is 12.3. The van der Waals surface area contributed by atoms with Crippen LogP contribution in [0.1, 0.15) is 21.5 Å². The van der Waals surface area contributed by atoms with E-state index in [4.69, 9.17) is 4.74 Å². The van der Waals surface area contributed by atoms with Gasteiger partial charge in [0.25, 0.3) is 5.91 Å². The van der Waals surface area contributed by atoms with Gasteiger partial charge >= 0.3 is 5.97 Å². The largest absolute Gasteiger partial charge is 0.452 e. The van der Waals surface area contributed by atoms with E-state index < -0.39 is 16.8 Å². The number of nitrogens with zero attached hydrogens (tertiary/aromatic N) is 2. The number of aryl methyl sites for hydroxylation is 2. The summed E-state index contributed by atoms with van der Waals surface area (Å²) in [6, 6.07) is 12.1. The van der Waals surface area contributed by atoms with Crippen molar-refractivity contribution in [2.75, 3.05) is 50.9 Å². The molecule has 33 heavy (non-hydrogen) atoms. The van der Waals surface area contributed by atoms with Crippen LogP contribution in [-0.4, -0.2) is 77.4 Å². The molecule has 0 aliphatic carbocycles. The maximum atomic E-state index is 12.5. The Labute approximate surface area is 196 Å². The standard InChI is InChI=1S/C24H29N3O5S/c1-17-5-4-6-18(2)23(17)25-21(28)15-26-11-13-27(14-12-26)22(29)16-32-24(30)19-7-9-20(10-8-19)33(3)31/h4-10H,11-16H2,1-3H3,(H,25,28). The van der Waals surface area contributed by atoms with E-state index in [0.717, 1.165) is 16.8 Å². The Morgan fingerprint density at radius 1 is 0.970 bits per heavy atom. The molecule has 2 aromatic rings. The smallest absolute Gasteiger partial charge is 0.338 e. The van der Waals surface area contributed by atoms with Crippen LogP contribution in [0.2, 0.25) is 0 Å². The lowest BCUT2D eigenvalue weighted by atomic mass is 10.1. The monoisotopic (exact) mass is 471 g/mol. The average molecular weight is 472 g/mol. The van der Waals surface area contributed by atoms with Gasteiger partial charge in [0.15, 0.2) is 6.61 Å². The summed E-state index contributed by atoms with van der Waals surface area (Å²) in [5.74, 6) is -0.952. The maximum absolute atomic E-state index is 12.5. The van der Waals surface area contributed by atoms with Crippen LogP contribution in [0, 0.1) is 13.8 Å². The number of amides is 2. The van der Waals surface area contributed by atoms with E-state index in [1.165, 1.54) is 12.1 Å². The fourth-order valence-electron chi connectivity index (χ4n) is 3.63. The van der Waals surface area contributed by atoms with Crippen molar-refractivity contribution in [2.24, 2.45) is 0 Å². The number of carbonyl (C=O) groups excluding carboxylic acids is 3. The van der Waals surface area contributed by atoms with Crippen molar-refractivity contribution in [1.29, 1.82) is 0 Å². The number of anilines is 1. The zero-order chi connectivity index (χ0) is 24.0. The lowest BCUT2D eigenvalue weighted by Crippen LogP contribution is -2.51. The first-order chi connectivity index (χ1) is 15.7. The first kappa shape index (κ1) is 24.6. The molecule has 1 unspecified atom stereocenters. The highest BCUT2D eigenvalue weighted by Gasteiger charge is 2.23. The van der Waals surface area contributed by atoms with Gasteiger partial charge in [0.2, 0.25) is 5.91 Å². The molecule has 1 fully saturated rings. The van der Waals surface area contributed by atoms with Crippen LogP contribution in [-0.2, 0) is 25.1 Å². The van der Waals surface area contributed by atoms with Crippen molar-refractivity contribution in [3.63, 3.8) is 0 Å². The number of benzene rings is 2. The molecule has 176 valence electrons. The summed E-state index contributed by atoms with van der Waals surface area (Å²) in [4.78, 5) is 41.3. The molecule has 0 radical (unpaired) electrons. The van der Waals surface area contributed by atoms with Crippen LogP contribution >= 0.6 is 0 Å². The zero-order valence-electron chi connectivity index (χ0n) is 19.1. The zero-order valence-corrected chi connectivity index (χ0v) is 19.9. The number of rotatable bonds is 7. The Hall–Kier alpha value is -3.04. The van der Waals surface area contributed by atoms with Gasteiger partial charge in [-0.25, -0.2) is 4.79 Å². The maximum Gasteiger partial charge on any atom is 0.338 e. The van der Waals surface area contributed by atoms with Gasteiger partial charge in [0.1, 0.15) is 0 Å². The number of piperazine rings is 1. The predicted octanol–water partition coefficient (Wildman–Crippen LogP) is 1.98. The number of para-hydroxylation sites is 1. The second-order valence-corrected chi connectivity index (χ2v) is 9.41.